The summed E-state index contributed by atoms with van der Waals surface area (Å²) in [6.07, 6.45) is 4.49. The standard InChI is InChI=1S/C72H58N2O2/c1-43-20-14-21-44(2)64(43)58-32-16-28-52-54-30-18-34-60(70(54)75-68(52)58)73(50-24-10-8-11-25-50)62-42-63(57-39-37-48-41-49(72(5,6)7)40-47-36-38-56(62)67(57)66(47)48)74(51-26-12-9-13-27-51)61-35-19-31-55-53-29-17-33-59(69(53)76-71(55)61)65-45(3)22-15-23-46(65)4/h8-14,16-22,24-42H,15,23H2,1-7H3. The van der Waals surface area contributed by atoms with Crippen LogP contribution in [0.5, 0.6) is 0 Å². The van der Waals surface area contributed by atoms with E-state index < -0.39 is 0 Å². The molecule has 368 valence electrons. The fraction of sp³-hybridized carbons (Fsp3) is 0.139. The molecular weight excluding hydrogens is 925 g/mol. The van der Waals surface area contributed by atoms with E-state index in [0.717, 1.165) is 113 Å². The van der Waals surface area contributed by atoms with Crippen molar-refractivity contribution in [3.8, 4) is 11.1 Å². The Balaban J connectivity index is 1.10. The van der Waals surface area contributed by atoms with Gasteiger partial charge in [-0.15, -0.1) is 0 Å². The van der Waals surface area contributed by atoms with E-state index in [1.54, 1.807) is 0 Å². The third-order valence-corrected chi connectivity index (χ3v) is 16.3. The predicted octanol–water partition coefficient (Wildman–Crippen LogP) is 21.4. The molecule has 14 rings (SSSR count). The third-order valence-electron chi connectivity index (χ3n) is 16.3. The van der Waals surface area contributed by atoms with Gasteiger partial charge in [-0.05, 0) is 138 Å². The van der Waals surface area contributed by atoms with E-state index in [2.05, 4.69) is 258 Å². The number of rotatable bonds is 8. The van der Waals surface area contributed by atoms with E-state index in [4.69, 9.17) is 8.83 Å². The number of allylic oxidation sites excluding steroid dienone is 4. The van der Waals surface area contributed by atoms with Gasteiger partial charge in [-0.3, -0.25) is 0 Å². The highest BCUT2D eigenvalue weighted by atomic mass is 16.3. The highest BCUT2D eigenvalue weighted by Crippen LogP contribution is 2.54. The van der Waals surface area contributed by atoms with Crippen LogP contribution in [0.4, 0.5) is 34.1 Å². The molecule has 0 radical (unpaired) electrons. The third kappa shape index (κ3) is 7.04. The van der Waals surface area contributed by atoms with Gasteiger partial charge in [0.1, 0.15) is 11.2 Å². The molecule has 0 fully saturated rings. The first-order valence-electron chi connectivity index (χ1n) is 26.8. The first-order valence-corrected chi connectivity index (χ1v) is 26.8. The fourth-order valence-corrected chi connectivity index (χ4v) is 12.8. The summed E-state index contributed by atoms with van der Waals surface area (Å²) in [6.45, 7) is 15.8. The maximum absolute atomic E-state index is 7.38. The molecule has 76 heavy (non-hydrogen) atoms. The van der Waals surface area contributed by atoms with E-state index >= 15 is 0 Å². The van der Waals surface area contributed by atoms with E-state index in [0.29, 0.717) is 0 Å². The molecule has 0 unspecified atom stereocenters. The van der Waals surface area contributed by atoms with Crippen LogP contribution in [0.25, 0.3) is 92.9 Å². The number of fused-ring (bicyclic) bond motifs is 6. The number of hydrogen-bond acceptors (Lipinski definition) is 4. The molecule has 2 heterocycles. The van der Waals surface area contributed by atoms with Crippen molar-refractivity contribution in [3.05, 3.63) is 234 Å². The molecule has 0 atom stereocenters. The molecule has 2 aromatic heterocycles. The van der Waals surface area contributed by atoms with Crippen LogP contribution in [0.1, 0.15) is 69.7 Å². The van der Waals surface area contributed by atoms with Crippen LogP contribution in [0.2, 0.25) is 0 Å². The van der Waals surface area contributed by atoms with Crippen LogP contribution in [0.3, 0.4) is 0 Å². The van der Waals surface area contributed by atoms with Crippen molar-refractivity contribution < 1.29 is 8.83 Å². The minimum atomic E-state index is -0.0373. The van der Waals surface area contributed by atoms with Gasteiger partial charge in [0.25, 0.3) is 0 Å². The quantitative estimate of drug-likeness (QED) is 0.142. The van der Waals surface area contributed by atoms with Gasteiger partial charge in [-0.1, -0.05) is 184 Å². The van der Waals surface area contributed by atoms with Crippen LogP contribution in [-0.2, 0) is 5.41 Å². The molecule has 4 nitrogen and oxygen atoms in total. The van der Waals surface area contributed by atoms with Crippen molar-refractivity contribution in [1.29, 1.82) is 0 Å². The summed E-state index contributed by atoms with van der Waals surface area (Å²) in [4.78, 5) is 4.88. The SMILES string of the molecule is CC1=CCCC(C)=C1c1cccc2c1oc1c(N(c3ccccc3)c3cc(N(c4ccccc4)c4cccc5c4oc4c(-c6c(C)cccc6C)cccc45)c4ccc5cc(C(C)(C)C)cc6ccc3c4c65)cccc12. The van der Waals surface area contributed by atoms with Crippen molar-refractivity contribution in [1.82, 2.24) is 0 Å². The summed E-state index contributed by atoms with van der Waals surface area (Å²) in [5, 5.41) is 11.6. The number of anilines is 6. The van der Waals surface area contributed by atoms with Crippen molar-refractivity contribution in [2.75, 3.05) is 9.80 Å². The normalized spacial score (nSPS) is 13.4. The monoisotopic (exact) mass is 982 g/mol. The van der Waals surface area contributed by atoms with Gasteiger partial charge >= 0.3 is 0 Å². The Morgan fingerprint density at radius 2 is 0.882 bits per heavy atom. The first-order chi connectivity index (χ1) is 37.0. The second kappa shape index (κ2) is 17.4. The zero-order chi connectivity index (χ0) is 51.6. The lowest BCUT2D eigenvalue weighted by Crippen LogP contribution is -2.15. The fourth-order valence-electron chi connectivity index (χ4n) is 12.8. The Morgan fingerprint density at radius 1 is 0.408 bits per heavy atom. The van der Waals surface area contributed by atoms with Crippen LogP contribution in [0.15, 0.2) is 220 Å². The van der Waals surface area contributed by atoms with E-state index in [9.17, 15) is 0 Å². The van der Waals surface area contributed by atoms with Gasteiger partial charge in [-0.2, -0.15) is 0 Å². The second-order valence-electron chi connectivity index (χ2n) is 22.1. The maximum Gasteiger partial charge on any atom is 0.159 e. The smallest absolute Gasteiger partial charge is 0.159 e. The number of para-hydroxylation sites is 6. The molecule has 0 bridgehead atoms. The highest BCUT2D eigenvalue weighted by Gasteiger charge is 2.30. The lowest BCUT2D eigenvalue weighted by Gasteiger charge is -2.32. The Kier molecular flexibility index (Phi) is 10.4. The molecule has 11 aromatic carbocycles. The topological polar surface area (TPSA) is 32.8 Å². The lowest BCUT2D eigenvalue weighted by molar-refractivity contribution is 0.591. The van der Waals surface area contributed by atoms with Crippen molar-refractivity contribution in [2.45, 2.75) is 66.7 Å². The van der Waals surface area contributed by atoms with Crippen LogP contribution in [-0.4, -0.2) is 0 Å². The van der Waals surface area contributed by atoms with E-state index in [-0.39, 0.29) is 5.41 Å². The number of nitrogens with zero attached hydrogens (tertiary/aromatic N) is 2. The molecular formula is C72H58N2O2. The molecule has 0 saturated heterocycles. The average Bonchev–Trinajstić information content (AvgIpc) is 4.12. The van der Waals surface area contributed by atoms with Crippen molar-refractivity contribution in [2.24, 2.45) is 0 Å². The average molecular weight is 983 g/mol. The summed E-state index contributed by atoms with van der Waals surface area (Å²) in [7, 11) is 0. The van der Waals surface area contributed by atoms with Gasteiger partial charge in [0, 0.05) is 60.2 Å². The predicted molar refractivity (Wildman–Crippen MR) is 323 cm³/mol. The second-order valence-corrected chi connectivity index (χ2v) is 22.1. The number of benzene rings is 11. The summed E-state index contributed by atoms with van der Waals surface area (Å²) in [5.41, 5.74) is 20.7. The first kappa shape index (κ1) is 45.7. The van der Waals surface area contributed by atoms with Gasteiger partial charge in [0.15, 0.2) is 11.2 Å². The summed E-state index contributed by atoms with van der Waals surface area (Å²) in [6, 6.07) is 71.4. The molecule has 1 aliphatic rings. The Bertz CT molecular complexity index is 4500. The molecule has 13 aromatic rings. The Hall–Kier alpha value is -8.86. The van der Waals surface area contributed by atoms with Crippen LogP contribution >= 0.6 is 0 Å². The minimum Gasteiger partial charge on any atom is -0.453 e. The molecule has 4 heteroatoms. The van der Waals surface area contributed by atoms with Crippen molar-refractivity contribution in [3.63, 3.8) is 0 Å². The Morgan fingerprint density at radius 3 is 1.39 bits per heavy atom. The summed E-state index contributed by atoms with van der Waals surface area (Å²) < 4.78 is 14.7. The maximum atomic E-state index is 7.38. The molecule has 0 spiro atoms. The van der Waals surface area contributed by atoms with Crippen molar-refractivity contribution >= 4 is 116 Å². The Labute approximate surface area is 443 Å². The lowest BCUT2D eigenvalue weighted by atomic mass is 9.83. The summed E-state index contributed by atoms with van der Waals surface area (Å²) in [5.74, 6) is 0. The highest BCUT2D eigenvalue weighted by molar-refractivity contribution is 6.30. The zero-order valence-corrected chi connectivity index (χ0v) is 44.2. The van der Waals surface area contributed by atoms with Gasteiger partial charge in [0.05, 0.1) is 22.7 Å². The zero-order valence-electron chi connectivity index (χ0n) is 44.2. The van der Waals surface area contributed by atoms with Gasteiger partial charge in [0.2, 0.25) is 0 Å². The molecule has 0 aliphatic heterocycles. The van der Waals surface area contributed by atoms with E-state index in [1.165, 1.54) is 60.5 Å². The van der Waals surface area contributed by atoms with Gasteiger partial charge in [-0.25, -0.2) is 0 Å². The molecule has 0 N–H and O–H groups in total. The van der Waals surface area contributed by atoms with E-state index in [1.807, 2.05) is 0 Å². The number of furan rings is 2. The van der Waals surface area contributed by atoms with Gasteiger partial charge < -0.3 is 18.6 Å². The molecule has 0 amide bonds. The summed E-state index contributed by atoms with van der Waals surface area (Å²) >= 11 is 0. The number of aryl methyl sites for hydroxylation is 2. The van der Waals surface area contributed by atoms with Crippen LogP contribution < -0.4 is 9.80 Å². The molecule has 1 aliphatic carbocycles. The largest absolute Gasteiger partial charge is 0.453 e. The molecule has 0 saturated carbocycles. The number of hydrogen-bond donors (Lipinski definition) is 0. The van der Waals surface area contributed by atoms with Crippen LogP contribution in [0, 0.1) is 13.8 Å². The minimum absolute atomic E-state index is 0.0373.